The molecular weight excluding hydrogens is 266 g/mol. The molecule has 2 rings (SSSR count). The van der Waals surface area contributed by atoms with Gasteiger partial charge in [-0.1, -0.05) is 17.7 Å². The highest BCUT2D eigenvalue weighted by Crippen LogP contribution is 2.13. The second-order valence-corrected chi connectivity index (χ2v) is 4.10. The largest absolute Gasteiger partial charge is 0.346 e. The first-order valence-corrected chi connectivity index (χ1v) is 5.89. The molecule has 4 N–H and O–H groups in total. The molecule has 0 aliphatic heterocycles. The van der Waals surface area contributed by atoms with Crippen LogP contribution in [0.2, 0.25) is 5.15 Å². The van der Waals surface area contributed by atoms with Crippen molar-refractivity contribution < 1.29 is 4.79 Å². The van der Waals surface area contributed by atoms with E-state index in [2.05, 4.69) is 20.7 Å². The highest BCUT2D eigenvalue weighted by atomic mass is 35.5. The number of amides is 1. The summed E-state index contributed by atoms with van der Waals surface area (Å²) in [6.07, 6.45) is 1.67. The summed E-state index contributed by atoms with van der Waals surface area (Å²) in [5.41, 5.74) is 3.50. The number of nitrogens with two attached hydrogens (primary N) is 1. The van der Waals surface area contributed by atoms with Crippen LogP contribution in [-0.2, 0) is 6.54 Å². The Morgan fingerprint density at radius 3 is 2.89 bits per heavy atom. The summed E-state index contributed by atoms with van der Waals surface area (Å²) in [6.45, 7) is 0.338. The van der Waals surface area contributed by atoms with Crippen molar-refractivity contribution in [1.29, 1.82) is 0 Å². The van der Waals surface area contributed by atoms with Crippen molar-refractivity contribution in [1.82, 2.24) is 15.3 Å². The van der Waals surface area contributed by atoms with Crippen LogP contribution in [0, 0.1) is 0 Å². The Morgan fingerprint density at radius 2 is 2.21 bits per heavy atom. The number of hydrazine groups is 1. The van der Waals surface area contributed by atoms with Crippen LogP contribution in [0.5, 0.6) is 0 Å². The molecule has 0 fully saturated rings. The quantitative estimate of drug-likeness (QED) is 0.446. The lowest BCUT2D eigenvalue weighted by Crippen LogP contribution is -2.23. The van der Waals surface area contributed by atoms with E-state index in [1.807, 2.05) is 18.2 Å². The van der Waals surface area contributed by atoms with Crippen molar-refractivity contribution in [3.63, 3.8) is 0 Å². The van der Waals surface area contributed by atoms with E-state index in [4.69, 9.17) is 17.4 Å². The zero-order valence-electron chi connectivity index (χ0n) is 9.93. The van der Waals surface area contributed by atoms with Gasteiger partial charge in [0.05, 0.1) is 12.2 Å². The molecule has 0 aliphatic carbocycles. The standard InChI is InChI=1S/C12H12ClN5O/c13-10-5-8(6-11(17-10)18-14)12(19)16-7-9-3-1-2-4-15-9/h1-6H,7,14H2,(H,16,19)(H,17,18). The van der Waals surface area contributed by atoms with Crippen LogP contribution in [0.15, 0.2) is 36.5 Å². The van der Waals surface area contributed by atoms with Gasteiger partial charge in [0.1, 0.15) is 11.0 Å². The lowest BCUT2D eigenvalue weighted by Gasteiger charge is -2.06. The molecule has 2 heterocycles. The maximum Gasteiger partial charge on any atom is 0.251 e. The van der Waals surface area contributed by atoms with E-state index in [1.54, 1.807) is 6.20 Å². The van der Waals surface area contributed by atoms with Gasteiger partial charge in [-0.15, -0.1) is 0 Å². The minimum atomic E-state index is -0.272. The van der Waals surface area contributed by atoms with Gasteiger partial charge in [-0.05, 0) is 24.3 Å². The maximum atomic E-state index is 11.9. The van der Waals surface area contributed by atoms with Crippen LogP contribution < -0.4 is 16.6 Å². The monoisotopic (exact) mass is 277 g/mol. The van der Waals surface area contributed by atoms with Crippen LogP contribution in [0.25, 0.3) is 0 Å². The van der Waals surface area contributed by atoms with Crippen molar-refractivity contribution in [2.24, 2.45) is 5.84 Å². The van der Waals surface area contributed by atoms with Gasteiger partial charge < -0.3 is 10.7 Å². The van der Waals surface area contributed by atoms with Crippen LogP contribution in [0.3, 0.4) is 0 Å². The summed E-state index contributed by atoms with van der Waals surface area (Å²) in [6, 6.07) is 8.48. The molecule has 1 amide bonds. The van der Waals surface area contributed by atoms with Crippen molar-refractivity contribution in [3.8, 4) is 0 Å². The lowest BCUT2D eigenvalue weighted by molar-refractivity contribution is 0.0950. The molecule has 0 unspecified atom stereocenters. The van der Waals surface area contributed by atoms with Gasteiger partial charge in [-0.25, -0.2) is 10.8 Å². The third-order valence-electron chi connectivity index (χ3n) is 2.36. The summed E-state index contributed by atoms with van der Waals surface area (Å²) in [7, 11) is 0. The molecule has 7 heteroatoms. The van der Waals surface area contributed by atoms with Crippen LogP contribution >= 0.6 is 11.6 Å². The fraction of sp³-hybridized carbons (Fsp3) is 0.0833. The zero-order valence-corrected chi connectivity index (χ0v) is 10.7. The Kier molecular flexibility index (Phi) is 4.27. The normalized spacial score (nSPS) is 10.0. The molecule has 0 saturated carbocycles. The second-order valence-electron chi connectivity index (χ2n) is 3.71. The minimum Gasteiger partial charge on any atom is -0.346 e. The summed E-state index contributed by atoms with van der Waals surface area (Å²) < 4.78 is 0. The van der Waals surface area contributed by atoms with E-state index in [0.29, 0.717) is 17.9 Å². The number of nitrogen functional groups attached to an aromatic ring is 1. The fourth-order valence-electron chi connectivity index (χ4n) is 1.48. The van der Waals surface area contributed by atoms with E-state index in [1.165, 1.54) is 12.1 Å². The van der Waals surface area contributed by atoms with E-state index in [-0.39, 0.29) is 11.1 Å². The highest BCUT2D eigenvalue weighted by Gasteiger charge is 2.09. The molecule has 0 radical (unpaired) electrons. The molecule has 19 heavy (non-hydrogen) atoms. The molecule has 0 aliphatic rings. The minimum absolute atomic E-state index is 0.193. The Labute approximate surface area is 115 Å². The van der Waals surface area contributed by atoms with E-state index < -0.39 is 0 Å². The number of hydrogen-bond donors (Lipinski definition) is 3. The molecule has 0 spiro atoms. The third kappa shape index (κ3) is 3.64. The molecule has 6 nitrogen and oxygen atoms in total. The van der Waals surface area contributed by atoms with Crippen molar-refractivity contribution in [3.05, 3.63) is 52.9 Å². The first-order valence-electron chi connectivity index (χ1n) is 5.51. The van der Waals surface area contributed by atoms with Gasteiger partial charge in [0.2, 0.25) is 0 Å². The Hall–Kier alpha value is -2.18. The summed E-state index contributed by atoms with van der Waals surface area (Å²) in [5, 5.41) is 2.93. The van der Waals surface area contributed by atoms with E-state index >= 15 is 0 Å². The summed E-state index contributed by atoms with van der Waals surface area (Å²) in [4.78, 5) is 19.9. The molecule has 98 valence electrons. The van der Waals surface area contributed by atoms with Gasteiger partial charge in [0.15, 0.2) is 0 Å². The number of nitrogens with zero attached hydrogens (tertiary/aromatic N) is 2. The zero-order chi connectivity index (χ0) is 13.7. The Balaban J connectivity index is 2.06. The van der Waals surface area contributed by atoms with E-state index in [9.17, 15) is 4.79 Å². The van der Waals surface area contributed by atoms with Crippen molar-refractivity contribution in [2.75, 3.05) is 5.43 Å². The molecule has 0 atom stereocenters. The number of aromatic nitrogens is 2. The van der Waals surface area contributed by atoms with Crippen LogP contribution in [0.1, 0.15) is 16.1 Å². The van der Waals surface area contributed by atoms with Gasteiger partial charge in [-0.2, -0.15) is 0 Å². The number of nitrogens with one attached hydrogen (secondary N) is 2. The predicted octanol–water partition coefficient (Wildman–Crippen LogP) is 1.35. The van der Waals surface area contributed by atoms with Crippen LogP contribution in [0.4, 0.5) is 5.82 Å². The average Bonchev–Trinajstić information content (AvgIpc) is 2.45. The first-order chi connectivity index (χ1) is 9.19. The number of pyridine rings is 2. The Bertz CT molecular complexity index is 576. The second kappa shape index (κ2) is 6.12. The number of carbonyl (C=O) groups is 1. The molecule has 0 aromatic carbocycles. The van der Waals surface area contributed by atoms with E-state index in [0.717, 1.165) is 5.69 Å². The molecule has 2 aromatic heterocycles. The SMILES string of the molecule is NNc1cc(C(=O)NCc2ccccn2)cc(Cl)n1. The average molecular weight is 278 g/mol. The number of rotatable bonds is 4. The van der Waals surface area contributed by atoms with Gasteiger partial charge >= 0.3 is 0 Å². The number of hydrogen-bond acceptors (Lipinski definition) is 5. The van der Waals surface area contributed by atoms with Crippen LogP contribution in [-0.4, -0.2) is 15.9 Å². The molecule has 0 bridgehead atoms. The fourth-order valence-corrected chi connectivity index (χ4v) is 1.69. The Morgan fingerprint density at radius 1 is 1.37 bits per heavy atom. The topological polar surface area (TPSA) is 92.9 Å². The predicted molar refractivity (Wildman–Crippen MR) is 72.5 cm³/mol. The van der Waals surface area contributed by atoms with Gasteiger partial charge in [0.25, 0.3) is 5.91 Å². The molecule has 0 saturated heterocycles. The van der Waals surface area contributed by atoms with Gasteiger partial charge in [-0.3, -0.25) is 9.78 Å². The number of anilines is 1. The van der Waals surface area contributed by atoms with Crippen molar-refractivity contribution >= 4 is 23.3 Å². The van der Waals surface area contributed by atoms with Gasteiger partial charge in [0, 0.05) is 11.8 Å². The molecular formula is C12H12ClN5O. The highest BCUT2D eigenvalue weighted by molar-refractivity contribution is 6.29. The third-order valence-corrected chi connectivity index (χ3v) is 2.55. The maximum absolute atomic E-state index is 11.9. The smallest absolute Gasteiger partial charge is 0.251 e. The first kappa shape index (κ1) is 13.3. The number of halogens is 1. The molecule has 2 aromatic rings. The number of carbonyl (C=O) groups excluding carboxylic acids is 1. The summed E-state index contributed by atoms with van der Waals surface area (Å²) >= 11 is 5.79. The lowest BCUT2D eigenvalue weighted by atomic mass is 10.2. The van der Waals surface area contributed by atoms with Crippen molar-refractivity contribution in [2.45, 2.75) is 6.54 Å². The summed E-state index contributed by atoms with van der Waals surface area (Å²) in [5.74, 6) is 5.30.